The van der Waals surface area contributed by atoms with Gasteiger partial charge in [0.25, 0.3) is 0 Å². The first-order valence-electron chi connectivity index (χ1n) is 17.7. The van der Waals surface area contributed by atoms with E-state index in [1.807, 2.05) is 0 Å². The van der Waals surface area contributed by atoms with E-state index in [9.17, 15) is 14.7 Å². The fourth-order valence-corrected chi connectivity index (χ4v) is 4.72. The van der Waals surface area contributed by atoms with Crippen molar-refractivity contribution in [3.8, 4) is 0 Å². The van der Waals surface area contributed by atoms with Gasteiger partial charge in [-0.15, -0.1) is 0 Å². The monoisotopic (exact) mass is 602 g/mol. The number of rotatable bonds is 31. The quantitative estimate of drug-likeness (QED) is 0.0485. The van der Waals surface area contributed by atoms with Crippen molar-refractivity contribution in [1.82, 2.24) is 0 Å². The highest BCUT2D eigenvalue weighted by atomic mass is 16.6. The van der Waals surface area contributed by atoms with Crippen molar-refractivity contribution < 1.29 is 24.2 Å². The molecule has 0 saturated carbocycles. The fraction of sp³-hybridized carbons (Fsp3) is 0.737. The summed E-state index contributed by atoms with van der Waals surface area (Å²) in [7, 11) is 0. The standard InChI is InChI=1S/C38H66O5/c1-3-5-7-9-11-13-15-17-18-19-20-21-23-24-26-28-30-32-37(40)42-35-36(34-39)43-38(41)33-31-29-27-25-22-16-14-12-10-8-6-4-2/h5,7,11,13,17-18,20-21,36,39H,3-4,6,8-10,12,14-16,19,22-35H2,1-2H3/b7-5-,13-11-,18-17-,21-20-/t36-/m0/s1. The summed E-state index contributed by atoms with van der Waals surface area (Å²) in [6.45, 7) is 3.98. The van der Waals surface area contributed by atoms with Crippen LogP contribution in [0.25, 0.3) is 0 Å². The first-order valence-corrected chi connectivity index (χ1v) is 17.7. The van der Waals surface area contributed by atoms with Crippen LogP contribution in [0.3, 0.4) is 0 Å². The average molecular weight is 603 g/mol. The number of aliphatic hydroxyl groups is 1. The van der Waals surface area contributed by atoms with Crippen molar-refractivity contribution >= 4 is 11.9 Å². The number of hydrogen-bond acceptors (Lipinski definition) is 5. The summed E-state index contributed by atoms with van der Waals surface area (Å²) in [6, 6.07) is 0. The maximum absolute atomic E-state index is 12.1. The van der Waals surface area contributed by atoms with Crippen molar-refractivity contribution in [2.45, 2.75) is 168 Å². The van der Waals surface area contributed by atoms with Gasteiger partial charge in [-0.2, -0.15) is 0 Å². The van der Waals surface area contributed by atoms with E-state index in [1.54, 1.807) is 0 Å². The first-order chi connectivity index (χ1) is 21.1. The second kappa shape index (κ2) is 34.4. The molecule has 0 bridgehead atoms. The smallest absolute Gasteiger partial charge is 0.306 e. The van der Waals surface area contributed by atoms with Crippen molar-refractivity contribution in [3.05, 3.63) is 48.6 Å². The van der Waals surface area contributed by atoms with Gasteiger partial charge in [-0.1, -0.05) is 146 Å². The molecule has 0 aromatic heterocycles. The Morgan fingerprint density at radius 3 is 1.51 bits per heavy atom. The molecular formula is C38H66O5. The molecule has 0 radical (unpaired) electrons. The van der Waals surface area contributed by atoms with Crippen LogP contribution in [0.2, 0.25) is 0 Å². The minimum atomic E-state index is -0.778. The van der Waals surface area contributed by atoms with Gasteiger partial charge < -0.3 is 14.6 Å². The highest BCUT2D eigenvalue weighted by Crippen LogP contribution is 2.13. The topological polar surface area (TPSA) is 72.8 Å². The van der Waals surface area contributed by atoms with Crippen LogP contribution >= 0.6 is 0 Å². The predicted octanol–water partition coefficient (Wildman–Crippen LogP) is 10.7. The molecule has 0 saturated heterocycles. The van der Waals surface area contributed by atoms with Gasteiger partial charge in [0.15, 0.2) is 6.10 Å². The highest BCUT2D eigenvalue weighted by Gasteiger charge is 2.16. The summed E-state index contributed by atoms with van der Waals surface area (Å²) in [4.78, 5) is 24.1. The lowest BCUT2D eigenvalue weighted by molar-refractivity contribution is -0.161. The third-order valence-electron chi connectivity index (χ3n) is 7.39. The molecule has 5 heteroatoms. The Balaban J connectivity index is 3.63. The molecule has 1 atom stereocenters. The van der Waals surface area contributed by atoms with E-state index in [-0.39, 0.29) is 25.2 Å². The molecule has 5 nitrogen and oxygen atoms in total. The molecule has 0 unspecified atom stereocenters. The van der Waals surface area contributed by atoms with E-state index in [2.05, 4.69) is 62.5 Å². The molecule has 0 rings (SSSR count). The second-order valence-electron chi connectivity index (χ2n) is 11.6. The van der Waals surface area contributed by atoms with Gasteiger partial charge >= 0.3 is 11.9 Å². The van der Waals surface area contributed by atoms with Crippen LogP contribution < -0.4 is 0 Å². The predicted molar refractivity (Wildman–Crippen MR) is 182 cm³/mol. The Labute approximate surface area is 265 Å². The van der Waals surface area contributed by atoms with E-state index in [4.69, 9.17) is 9.47 Å². The van der Waals surface area contributed by atoms with E-state index in [0.717, 1.165) is 77.0 Å². The average Bonchev–Trinajstić information content (AvgIpc) is 3.01. The van der Waals surface area contributed by atoms with Crippen molar-refractivity contribution in [1.29, 1.82) is 0 Å². The molecule has 0 aliphatic carbocycles. The van der Waals surface area contributed by atoms with Crippen molar-refractivity contribution in [2.24, 2.45) is 0 Å². The Morgan fingerprint density at radius 2 is 1.00 bits per heavy atom. The lowest BCUT2D eigenvalue weighted by Gasteiger charge is -2.15. The Bertz CT molecular complexity index is 737. The third-order valence-corrected chi connectivity index (χ3v) is 7.39. The summed E-state index contributed by atoms with van der Waals surface area (Å²) in [6.07, 6.45) is 41.6. The molecule has 248 valence electrons. The Hall–Kier alpha value is -2.14. The SMILES string of the molecule is CC/C=C\C/C=C\C/C=C\C/C=C\CCCCCCC(=O)OC[C@H](CO)OC(=O)CCCCCCCCCCCCCC. The molecule has 0 fully saturated rings. The molecule has 43 heavy (non-hydrogen) atoms. The number of unbranched alkanes of at least 4 members (excludes halogenated alkanes) is 15. The van der Waals surface area contributed by atoms with Gasteiger partial charge in [-0.05, 0) is 51.4 Å². The maximum Gasteiger partial charge on any atom is 0.306 e. The van der Waals surface area contributed by atoms with Crippen LogP contribution in [-0.4, -0.2) is 36.4 Å². The lowest BCUT2D eigenvalue weighted by atomic mass is 10.0. The van der Waals surface area contributed by atoms with Gasteiger partial charge in [0.05, 0.1) is 6.61 Å². The van der Waals surface area contributed by atoms with Crippen LogP contribution in [0, 0.1) is 0 Å². The summed E-state index contributed by atoms with van der Waals surface area (Å²) in [5.74, 6) is -0.621. The summed E-state index contributed by atoms with van der Waals surface area (Å²) in [5, 5.41) is 9.51. The molecular weight excluding hydrogens is 536 g/mol. The summed E-state index contributed by atoms with van der Waals surface area (Å²) >= 11 is 0. The van der Waals surface area contributed by atoms with E-state index in [1.165, 1.54) is 57.8 Å². The van der Waals surface area contributed by atoms with Gasteiger partial charge in [-0.3, -0.25) is 9.59 Å². The van der Waals surface area contributed by atoms with Crippen LogP contribution in [0.4, 0.5) is 0 Å². The number of carbonyl (C=O) groups excluding carboxylic acids is 2. The molecule has 0 aromatic carbocycles. The number of ether oxygens (including phenoxy) is 2. The maximum atomic E-state index is 12.1. The Morgan fingerprint density at radius 1 is 0.558 bits per heavy atom. The Kier molecular flexibility index (Phi) is 32.6. The van der Waals surface area contributed by atoms with Gasteiger partial charge in [0.2, 0.25) is 0 Å². The molecule has 0 amide bonds. The lowest BCUT2D eigenvalue weighted by Crippen LogP contribution is -2.28. The third kappa shape index (κ3) is 32.6. The van der Waals surface area contributed by atoms with Crippen LogP contribution in [0.15, 0.2) is 48.6 Å². The van der Waals surface area contributed by atoms with Crippen molar-refractivity contribution in [3.63, 3.8) is 0 Å². The number of hydrogen-bond donors (Lipinski definition) is 1. The minimum absolute atomic E-state index is 0.0780. The molecule has 0 aliphatic heterocycles. The summed E-state index contributed by atoms with van der Waals surface area (Å²) in [5.41, 5.74) is 0. The first kappa shape index (κ1) is 40.9. The fourth-order valence-electron chi connectivity index (χ4n) is 4.72. The molecule has 1 N–H and O–H groups in total. The number of aliphatic hydroxyl groups excluding tert-OH is 1. The van der Waals surface area contributed by atoms with Crippen LogP contribution in [0.1, 0.15) is 162 Å². The normalized spacial score (nSPS) is 12.7. The zero-order valence-corrected chi connectivity index (χ0v) is 28.0. The van der Waals surface area contributed by atoms with Crippen molar-refractivity contribution in [2.75, 3.05) is 13.2 Å². The second-order valence-corrected chi connectivity index (χ2v) is 11.6. The van der Waals surface area contributed by atoms with Crippen LogP contribution in [0.5, 0.6) is 0 Å². The molecule has 0 heterocycles. The van der Waals surface area contributed by atoms with E-state index in [0.29, 0.717) is 12.8 Å². The zero-order chi connectivity index (χ0) is 31.5. The highest BCUT2D eigenvalue weighted by molar-refractivity contribution is 5.70. The largest absolute Gasteiger partial charge is 0.462 e. The minimum Gasteiger partial charge on any atom is -0.462 e. The zero-order valence-electron chi connectivity index (χ0n) is 28.0. The van der Waals surface area contributed by atoms with Crippen LogP contribution in [-0.2, 0) is 19.1 Å². The number of allylic oxidation sites excluding steroid dienone is 8. The van der Waals surface area contributed by atoms with Gasteiger partial charge in [0, 0.05) is 12.8 Å². The number of esters is 2. The number of carbonyl (C=O) groups is 2. The molecule has 0 aromatic rings. The molecule has 0 spiro atoms. The van der Waals surface area contributed by atoms with E-state index >= 15 is 0 Å². The summed E-state index contributed by atoms with van der Waals surface area (Å²) < 4.78 is 10.5. The van der Waals surface area contributed by atoms with E-state index < -0.39 is 6.10 Å². The molecule has 0 aliphatic rings. The van der Waals surface area contributed by atoms with Gasteiger partial charge in [0.1, 0.15) is 6.61 Å². The van der Waals surface area contributed by atoms with Gasteiger partial charge in [-0.25, -0.2) is 0 Å².